The van der Waals surface area contributed by atoms with Crippen LogP contribution in [-0.2, 0) is 19.1 Å². The van der Waals surface area contributed by atoms with E-state index in [1.807, 2.05) is 34.6 Å². The molecule has 0 aromatic carbocycles. The molecule has 6 nitrogen and oxygen atoms in total. The van der Waals surface area contributed by atoms with E-state index in [4.69, 9.17) is 9.47 Å². The first kappa shape index (κ1) is 38.9. The predicted octanol–water partition coefficient (Wildman–Crippen LogP) is 8.65. The number of amides is 2. The summed E-state index contributed by atoms with van der Waals surface area (Å²) in [6, 6.07) is 0. The highest BCUT2D eigenvalue weighted by Gasteiger charge is 2.25. The summed E-state index contributed by atoms with van der Waals surface area (Å²) >= 11 is 0. The molecule has 0 fully saturated rings. The van der Waals surface area contributed by atoms with Crippen LogP contribution in [-0.4, -0.2) is 48.3 Å². The summed E-state index contributed by atoms with van der Waals surface area (Å²) in [5.74, 6) is 0.193. The Hall–Kier alpha value is -1.14. The molecule has 0 bridgehead atoms. The van der Waals surface area contributed by atoms with E-state index in [9.17, 15) is 9.59 Å². The van der Waals surface area contributed by atoms with E-state index < -0.39 is 0 Å². The number of rotatable bonds is 27. The molecular formula is C34H68N2O4. The lowest BCUT2D eigenvalue weighted by molar-refractivity contribution is -0.124. The fraction of sp³-hybridized carbons (Fsp3) is 0.941. The van der Waals surface area contributed by atoms with Gasteiger partial charge in [0, 0.05) is 38.1 Å². The molecule has 0 spiro atoms. The molecule has 0 radical (unpaired) electrons. The molecule has 0 aliphatic carbocycles. The van der Waals surface area contributed by atoms with Crippen molar-refractivity contribution >= 4 is 11.8 Å². The number of carbonyl (C=O) groups excluding carboxylic acids is 2. The van der Waals surface area contributed by atoms with Gasteiger partial charge in [-0.05, 0) is 74.1 Å². The van der Waals surface area contributed by atoms with E-state index in [-0.39, 0.29) is 28.6 Å². The number of hydrogen-bond donors (Lipinski definition) is 2. The Kier molecular flexibility index (Phi) is 21.8. The molecule has 6 heteroatoms. The molecule has 0 rings (SSSR count). The Morgan fingerprint density at radius 3 is 1.60 bits per heavy atom. The number of ether oxygens (including phenoxy) is 2. The quantitative estimate of drug-likeness (QED) is 0.0972. The molecule has 2 amide bonds. The van der Waals surface area contributed by atoms with E-state index in [0.717, 1.165) is 25.7 Å². The largest absolute Gasteiger partial charge is 0.376 e. The average molecular weight is 569 g/mol. The summed E-state index contributed by atoms with van der Waals surface area (Å²) < 4.78 is 11.8. The zero-order valence-corrected chi connectivity index (χ0v) is 28.0. The molecular weight excluding hydrogens is 500 g/mol. The lowest BCUT2D eigenvalue weighted by Crippen LogP contribution is -2.45. The van der Waals surface area contributed by atoms with Crippen LogP contribution in [0.1, 0.15) is 171 Å². The molecule has 0 saturated carbocycles. The van der Waals surface area contributed by atoms with E-state index >= 15 is 0 Å². The van der Waals surface area contributed by atoms with Crippen LogP contribution in [0.2, 0.25) is 0 Å². The lowest BCUT2D eigenvalue weighted by atomic mass is 9.98. The molecule has 238 valence electrons. The summed E-state index contributed by atoms with van der Waals surface area (Å²) in [5, 5.41) is 6.20. The maximum Gasteiger partial charge on any atom is 0.220 e. The Morgan fingerprint density at radius 2 is 1.07 bits per heavy atom. The van der Waals surface area contributed by atoms with Crippen molar-refractivity contribution in [3.8, 4) is 0 Å². The number of hydrogen-bond acceptors (Lipinski definition) is 4. The number of nitrogens with one attached hydrogen (secondary N) is 2. The van der Waals surface area contributed by atoms with E-state index in [2.05, 4.69) is 31.4 Å². The molecule has 0 atom stereocenters. The van der Waals surface area contributed by atoms with Gasteiger partial charge in [-0.25, -0.2) is 0 Å². The zero-order chi connectivity index (χ0) is 30.3. The van der Waals surface area contributed by atoms with Gasteiger partial charge < -0.3 is 20.1 Å². The average Bonchev–Trinajstić information content (AvgIpc) is 2.85. The van der Waals surface area contributed by atoms with Crippen molar-refractivity contribution in [2.24, 2.45) is 0 Å². The van der Waals surface area contributed by atoms with E-state index in [0.29, 0.717) is 39.0 Å². The molecule has 0 aromatic heterocycles. The summed E-state index contributed by atoms with van der Waals surface area (Å²) in [7, 11) is 0. The van der Waals surface area contributed by atoms with E-state index in [1.165, 1.54) is 70.6 Å². The SMILES string of the molecule is CCCCCCCCCCCCCCCC(=O)NCCC(C)(C)OCCC(C)(C)NC(=O)CCC(C)(C)OCC. The first-order valence-electron chi connectivity index (χ1n) is 16.7. The fourth-order valence-electron chi connectivity index (χ4n) is 4.93. The van der Waals surface area contributed by atoms with Gasteiger partial charge in [-0.1, -0.05) is 84.0 Å². The van der Waals surface area contributed by atoms with Crippen molar-refractivity contribution in [2.45, 2.75) is 188 Å². The van der Waals surface area contributed by atoms with Gasteiger partial charge in [0.15, 0.2) is 0 Å². The molecule has 40 heavy (non-hydrogen) atoms. The van der Waals surface area contributed by atoms with Crippen LogP contribution in [0.5, 0.6) is 0 Å². The Labute approximate surface area is 248 Å². The highest BCUT2D eigenvalue weighted by atomic mass is 16.5. The third-order valence-electron chi connectivity index (χ3n) is 7.74. The third-order valence-corrected chi connectivity index (χ3v) is 7.74. The molecule has 0 heterocycles. The number of unbranched alkanes of at least 4 members (excludes halogenated alkanes) is 12. The summed E-state index contributed by atoms with van der Waals surface area (Å²) in [4.78, 5) is 24.7. The highest BCUT2D eigenvalue weighted by Crippen LogP contribution is 2.19. The van der Waals surface area contributed by atoms with Crippen LogP contribution in [0.25, 0.3) is 0 Å². The topological polar surface area (TPSA) is 76.7 Å². The van der Waals surface area contributed by atoms with Crippen LogP contribution in [0.15, 0.2) is 0 Å². The summed E-state index contributed by atoms with van der Waals surface area (Å²) in [6.07, 6.45) is 20.4. The maximum absolute atomic E-state index is 12.4. The fourth-order valence-corrected chi connectivity index (χ4v) is 4.93. The van der Waals surface area contributed by atoms with Gasteiger partial charge in [0.05, 0.1) is 11.2 Å². The molecule has 0 aliphatic rings. The minimum absolute atomic E-state index is 0.0447. The number of carbonyl (C=O) groups is 2. The second-order valence-electron chi connectivity index (χ2n) is 13.6. The molecule has 0 unspecified atom stereocenters. The normalized spacial score (nSPS) is 12.5. The van der Waals surface area contributed by atoms with Gasteiger partial charge in [0.2, 0.25) is 11.8 Å². The second kappa shape index (κ2) is 22.5. The van der Waals surface area contributed by atoms with Gasteiger partial charge >= 0.3 is 0 Å². The van der Waals surface area contributed by atoms with Crippen LogP contribution >= 0.6 is 0 Å². The third kappa shape index (κ3) is 24.6. The Balaban J connectivity index is 3.84. The lowest BCUT2D eigenvalue weighted by Gasteiger charge is -2.31. The highest BCUT2D eigenvalue weighted by molar-refractivity contribution is 5.76. The van der Waals surface area contributed by atoms with Crippen molar-refractivity contribution < 1.29 is 19.1 Å². The predicted molar refractivity (Wildman–Crippen MR) is 170 cm³/mol. The van der Waals surface area contributed by atoms with E-state index in [1.54, 1.807) is 0 Å². The van der Waals surface area contributed by atoms with Crippen molar-refractivity contribution in [1.82, 2.24) is 10.6 Å². The van der Waals surface area contributed by atoms with Crippen LogP contribution < -0.4 is 10.6 Å². The monoisotopic (exact) mass is 569 g/mol. The summed E-state index contributed by atoms with van der Waals surface area (Å²) in [6.45, 7) is 18.3. The van der Waals surface area contributed by atoms with Crippen LogP contribution in [0.3, 0.4) is 0 Å². The van der Waals surface area contributed by atoms with Gasteiger partial charge in [-0.2, -0.15) is 0 Å². The van der Waals surface area contributed by atoms with Gasteiger partial charge in [-0.15, -0.1) is 0 Å². The van der Waals surface area contributed by atoms with Crippen molar-refractivity contribution in [2.75, 3.05) is 19.8 Å². The van der Waals surface area contributed by atoms with Gasteiger partial charge in [0.1, 0.15) is 0 Å². The first-order chi connectivity index (χ1) is 18.8. The molecule has 0 aliphatic heterocycles. The zero-order valence-electron chi connectivity index (χ0n) is 28.0. The van der Waals surface area contributed by atoms with Gasteiger partial charge in [0.25, 0.3) is 0 Å². The summed E-state index contributed by atoms with van der Waals surface area (Å²) in [5.41, 5.74) is -0.958. The maximum atomic E-state index is 12.4. The van der Waals surface area contributed by atoms with Crippen LogP contribution in [0, 0.1) is 0 Å². The Bertz CT molecular complexity index is 646. The van der Waals surface area contributed by atoms with Crippen molar-refractivity contribution in [3.05, 3.63) is 0 Å². The van der Waals surface area contributed by atoms with Crippen molar-refractivity contribution in [1.29, 1.82) is 0 Å². The molecule has 2 N–H and O–H groups in total. The molecule has 0 saturated heterocycles. The van der Waals surface area contributed by atoms with Crippen LogP contribution in [0.4, 0.5) is 0 Å². The first-order valence-corrected chi connectivity index (χ1v) is 16.7. The second-order valence-corrected chi connectivity index (χ2v) is 13.6. The molecule has 0 aromatic rings. The minimum Gasteiger partial charge on any atom is -0.376 e. The van der Waals surface area contributed by atoms with Gasteiger partial charge in [-0.3, -0.25) is 9.59 Å². The van der Waals surface area contributed by atoms with Crippen molar-refractivity contribution in [3.63, 3.8) is 0 Å². The standard InChI is InChI=1S/C34H68N2O4/c1-9-11-12-13-14-15-16-17-18-19-20-21-22-23-30(37)35-28-26-34(7,8)40-29-27-32(3,4)36-31(38)24-25-33(5,6)39-10-2/h9-29H2,1-8H3,(H,35,37)(H,36,38). The minimum atomic E-state index is -0.342. The Morgan fingerprint density at radius 1 is 0.575 bits per heavy atom. The smallest absolute Gasteiger partial charge is 0.220 e.